The van der Waals surface area contributed by atoms with E-state index in [0.717, 1.165) is 30.5 Å². The summed E-state index contributed by atoms with van der Waals surface area (Å²) in [5, 5.41) is -0.310. The number of ether oxygens (including phenoxy) is 2. The maximum absolute atomic E-state index is 13.4. The highest BCUT2D eigenvalue weighted by Gasteiger charge is 2.33. The van der Waals surface area contributed by atoms with Gasteiger partial charge in [0.25, 0.3) is 0 Å². The first kappa shape index (κ1) is 26.3. The second kappa shape index (κ2) is 11.9. The fraction of sp³-hybridized carbons (Fsp3) is 0.556. The fourth-order valence-corrected chi connectivity index (χ4v) is 4.70. The second-order valence-corrected chi connectivity index (χ2v) is 9.70. The third-order valence-electron chi connectivity index (χ3n) is 6.69. The maximum Gasteiger partial charge on any atom is 0.414 e. The second-order valence-electron chi connectivity index (χ2n) is 9.14. The van der Waals surface area contributed by atoms with Gasteiger partial charge in [0.2, 0.25) is 5.91 Å². The van der Waals surface area contributed by atoms with Crippen LogP contribution in [-0.4, -0.2) is 49.8 Å². The van der Waals surface area contributed by atoms with Crippen LogP contribution in [0.15, 0.2) is 35.9 Å². The van der Waals surface area contributed by atoms with Crippen LogP contribution in [0.5, 0.6) is 0 Å². The van der Waals surface area contributed by atoms with Crippen LogP contribution in [0.3, 0.4) is 0 Å². The third kappa shape index (κ3) is 6.02. The summed E-state index contributed by atoms with van der Waals surface area (Å²) < 4.78 is 11.3. The monoisotopic (exact) mass is 488 g/mol. The number of alkyl halides is 1. The number of anilines is 2. The minimum Gasteiger partial charge on any atom is -0.444 e. The largest absolute Gasteiger partial charge is 0.444 e. The van der Waals surface area contributed by atoms with Crippen molar-refractivity contribution >= 4 is 40.5 Å². The van der Waals surface area contributed by atoms with Crippen LogP contribution in [0, 0.1) is 0 Å². The lowest BCUT2D eigenvalue weighted by atomic mass is 9.97. The summed E-state index contributed by atoms with van der Waals surface area (Å²) in [6.45, 7) is 8.38. The fourth-order valence-electron chi connectivity index (χ4n) is 4.55. The van der Waals surface area contributed by atoms with Gasteiger partial charge in [0, 0.05) is 33.5 Å². The predicted octanol–water partition coefficient (Wildman–Crippen LogP) is 6.32. The van der Waals surface area contributed by atoms with Gasteiger partial charge < -0.3 is 14.4 Å². The Kier molecular flexibility index (Phi) is 9.20. The van der Waals surface area contributed by atoms with E-state index in [4.69, 9.17) is 21.1 Å². The van der Waals surface area contributed by atoms with E-state index in [9.17, 15) is 9.59 Å². The lowest BCUT2D eigenvalue weighted by molar-refractivity contribution is -0.116. The number of amides is 2. The zero-order valence-electron chi connectivity index (χ0n) is 21.0. The number of benzene rings is 1. The standard InChI is InChI=1S/C27H37ClN2O4/c1-6-23(28)26(16-19(3)33-5)34-27(32)30-15-14-29(20(4)31)24-13-12-21(17-25(24)30)22-11-9-7-8-10-18(22)2/h9,11-13,17,19,23,26H,6-8,10,14-16H2,1-5H3. The number of methoxy groups -OCH3 is 1. The normalized spacial score (nSPS) is 18.8. The van der Waals surface area contributed by atoms with E-state index in [1.807, 2.05) is 32.0 Å². The highest BCUT2D eigenvalue weighted by atomic mass is 35.5. The first-order chi connectivity index (χ1) is 16.3. The molecular formula is C27H37ClN2O4. The molecule has 0 N–H and O–H groups in total. The van der Waals surface area contributed by atoms with Gasteiger partial charge >= 0.3 is 6.09 Å². The summed E-state index contributed by atoms with van der Waals surface area (Å²) in [6.07, 6.45) is 7.78. The highest BCUT2D eigenvalue weighted by Crippen LogP contribution is 2.38. The highest BCUT2D eigenvalue weighted by molar-refractivity contribution is 6.21. The molecule has 7 heteroatoms. The molecule has 1 aromatic carbocycles. The van der Waals surface area contributed by atoms with Crippen molar-refractivity contribution in [2.75, 3.05) is 30.0 Å². The maximum atomic E-state index is 13.4. The summed E-state index contributed by atoms with van der Waals surface area (Å²) in [6, 6.07) is 5.98. The minimum absolute atomic E-state index is 0.0506. The number of fused-ring (bicyclic) bond motifs is 1. The van der Waals surface area contributed by atoms with Crippen molar-refractivity contribution in [2.24, 2.45) is 0 Å². The summed E-state index contributed by atoms with van der Waals surface area (Å²) in [7, 11) is 1.64. The predicted molar refractivity (Wildman–Crippen MR) is 139 cm³/mol. The first-order valence-corrected chi connectivity index (χ1v) is 12.6. The van der Waals surface area contributed by atoms with Crippen molar-refractivity contribution < 1.29 is 19.1 Å². The number of hydrogen-bond donors (Lipinski definition) is 0. The number of allylic oxidation sites excluding steroid dienone is 4. The Bertz CT molecular complexity index is 958. The van der Waals surface area contributed by atoms with E-state index in [0.29, 0.717) is 31.6 Å². The number of nitrogens with zero attached hydrogens (tertiary/aromatic N) is 2. The zero-order chi connectivity index (χ0) is 24.8. The Hall–Kier alpha value is -2.31. The molecule has 0 radical (unpaired) electrons. The zero-order valence-corrected chi connectivity index (χ0v) is 21.7. The Morgan fingerprint density at radius 1 is 1.18 bits per heavy atom. The molecule has 3 unspecified atom stereocenters. The SMILES string of the molecule is CCC(Cl)C(CC(C)OC)OC(=O)N1CCN(C(C)=O)c2ccc(C3=C(C)CCCC=C3)cc21. The van der Waals surface area contributed by atoms with Gasteiger partial charge in [0.15, 0.2) is 0 Å². The summed E-state index contributed by atoms with van der Waals surface area (Å²) in [5.41, 5.74) is 4.93. The molecule has 1 aliphatic heterocycles. The Morgan fingerprint density at radius 2 is 1.91 bits per heavy atom. The molecule has 0 aromatic heterocycles. The third-order valence-corrected chi connectivity index (χ3v) is 7.28. The van der Waals surface area contributed by atoms with Crippen LogP contribution in [0.2, 0.25) is 0 Å². The topological polar surface area (TPSA) is 59.1 Å². The molecule has 0 saturated heterocycles. The molecule has 186 valence electrons. The van der Waals surface area contributed by atoms with Crippen molar-refractivity contribution in [3.63, 3.8) is 0 Å². The van der Waals surface area contributed by atoms with Gasteiger partial charge in [0.1, 0.15) is 6.10 Å². The van der Waals surface area contributed by atoms with Crippen molar-refractivity contribution in [2.45, 2.75) is 77.4 Å². The van der Waals surface area contributed by atoms with Crippen LogP contribution in [0.1, 0.15) is 65.4 Å². The molecule has 0 spiro atoms. The van der Waals surface area contributed by atoms with Gasteiger partial charge in [-0.05, 0) is 62.8 Å². The van der Waals surface area contributed by atoms with Gasteiger partial charge in [-0.1, -0.05) is 30.7 Å². The number of carbonyl (C=O) groups excluding carboxylic acids is 2. The first-order valence-electron chi connectivity index (χ1n) is 12.2. The van der Waals surface area contributed by atoms with E-state index in [1.165, 1.54) is 11.1 Å². The average Bonchev–Trinajstić information content (AvgIpc) is 3.05. The van der Waals surface area contributed by atoms with E-state index in [1.54, 1.807) is 23.8 Å². The van der Waals surface area contributed by atoms with Crippen molar-refractivity contribution in [1.82, 2.24) is 0 Å². The van der Waals surface area contributed by atoms with E-state index >= 15 is 0 Å². The lowest BCUT2D eigenvalue weighted by Gasteiger charge is -2.37. The summed E-state index contributed by atoms with van der Waals surface area (Å²) in [4.78, 5) is 29.1. The molecule has 1 heterocycles. The molecule has 34 heavy (non-hydrogen) atoms. The molecule has 0 saturated carbocycles. The Morgan fingerprint density at radius 3 is 2.59 bits per heavy atom. The number of hydrogen-bond acceptors (Lipinski definition) is 4. The molecule has 2 aliphatic rings. The van der Waals surface area contributed by atoms with Crippen LogP contribution >= 0.6 is 11.6 Å². The number of carbonyl (C=O) groups is 2. The van der Waals surface area contributed by atoms with Crippen molar-refractivity contribution in [3.8, 4) is 0 Å². The average molecular weight is 489 g/mol. The van der Waals surface area contributed by atoms with Crippen molar-refractivity contribution in [3.05, 3.63) is 41.5 Å². The van der Waals surface area contributed by atoms with E-state index in [2.05, 4.69) is 19.1 Å². The molecule has 6 nitrogen and oxygen atoms in total. The number of halogens is 1. The van der Waals surface area contributed by atoms with Crippen LogP contribution in [0.4, 0.5) is 16.2 Å². The summed E-state index contributed by atoms with van der Waals surface area (Å²) in [5.74, 6) is -0.0506. The molecule has 1 aromatic rings. The van der Waals surface area contributed by atoms with Crippen LogP contribution < -0.4 is 9.80 Å². The molecule has 3 rings (SSSR count). The van der Waals surface area contributed by atoms with Gasteiger partial charge in [0.05, 0.1) is 22.9 Å². The minimum atomic E-state index is -0.471. The van der Waals surface area contributed by atoms with Crippen LogP contribution in [0.25, 0.3) is 5.57 Å². The molecular weight excluding hydrogens is 452 g/mol. The molecule has 1 aliphatic carbocycles. The van der Waals surface area contributed by atoms with E-state index < -0.39 is 12.2 Å². The molecule has 3 atom stereocenters. The molecule has 0 fully saturated rings. The van der Waals surface area contributed by atoms with Crippen LogP contribution in [-0.2, 0) is 14.3 Å². The van der Waals surface area contributed by atoms with Gasteiger partial charge in [-0.2, -0.15) is 0 Å². The lowest BCUT2D eigenvalue weighted by Crippen LogP contribution is -2.47. The summed E-state index contributed by atoms with van der Waals surface area (Å²) >= 11 is 6.52. The Balaban J connectivity index is 1.97. The molecule has 2 amide bonds. The van der Waals surface area contributed by atoms with E-state index in [-0.39, 0.29) is 17.4 Å². The number of rotatable bonds is 7. The Labute approximate surface area is 208 Å². The molecule has 0 bridgehead atoms. The van der Waals surface area contributed by atoms with Gasteiger partial charge in [-0.3, -0.25) is 9.69 Å². The smallest absolute Gasteiger partial charge is 0.414 e. The quantitative estimate of drug-likeness (QED) is 0.421. The van der Waals surface area contributed by atoms with Gasteiger partial charge in [-0.25, -0.2) is 4.79 Å². The van der Waals surface area contributed by atoms with Gasteiger partial charge in [-0.15, -0.1) is 11.6 Å². The van der Waals surface area contributed by atoms with Crippen molar-refractivity contribution in [1.29, 1.82) is 0 Å².